The van der Waals surface area contributed by atoms with Crippen LogP contribution >= 0.6 is 0 Å². The third kappa shape index (κ3) is 78.5. The molecule has 0 aromatic rings. The molecule has 0 spiro atoms. The van der Waals surface area contributed by atoms with Crippen LogP contribution in [-0.4, -0.2) is 0 Å². The Hall–Kier alpha value is 0.883. The molecule has 0 bridgehead atoms. The molecule has 0 amide bonds. The minimum Gasteiger partial charge on any atom is -0.343 e. The van der Waals surface area contributed by atoms with Crippen LogP contribution in [0.5, 0.6) is 0 Å². The van der Waals surface area contributed by atoms with Gasteiger partial charge in [0.25, 0.3) is 0 Å². The summed E-state index contributed by atoms with van der Waals surface area (Å²) in [4.78, 5) is 0. The average molecular weight is 432 g/mol. The molecule has 0 saturated heterocycles. The summed E-state index contributed by atoms with van der Waals surface area (Å²) in [5, 5.41) is 0. The van der Waals surface area contributed by atoms with Gasteiger partial charge in [0.05, 0.1) is 0 Å². The zero-order valence-electron chi connectivity index (χ0n) is 19.3. The Kier molecular flexibility index (Phi) is 47.8. The van der Waals surface area contributed by atoms with Gasteiger partial charge in [0.1, 0.15) is 0 Å². The summed E-state index contributed by atoms with van der Waals surface area (Å²) in [5.41, 5.74) is 0. The maximum atomic E-state index is 3.73. The van der Waals surface area contributed by atoms with E-state index in [1.807, 2.05) is 0 Å². The van der Waals surface area contributed by atoms with Crippen molar-refractivity contribution in [1.82, 2.24) is 0 Å². The van der Waals surface area contributed by atoms with Gasteiger partial charge in [-0.25, -0.2) is 0 Å². The smallest absolute Gasteiger partial charge is 0.343 e. The molecule has 0 nitrogen and oxygen atoms in total. The van der Waals surface area contributed by atoms with Gasteiger partial charge in [0, 0.05) is 0 Å². The average Bonchev–Trinajstić information content (AvgIpc) is 2.39. The van der Waals surface area contributed by atoms with Crippen LogP contribution in [0.1, 0.15) is 107 Å². The molecule has 152 valence electrons. The summed E-state index contributed by atoms with van der Waals surface area (Å²) in [6.07, 6.45) is 9.38. The largest absolute Gasteiger partial charge is 4.00 e. The van der Waals surface area contributed by atoms with Crippen LogP contribution in [0.2, 0.25) is 0 Å². The summed E-state index contributed by atoms with van der Waals surface area (Å²) in [6.45, 7) is 32.6. The quantitative estimate of drug-likeness (QED) is 0.336. The third-order valence-electron chi connectivity index (χ3n) is 3.13. The molecular weight excluding hydrogens is 379 g/mol. The molecule has 0 fully saturated rings. The van der Waals surface area contributed by atoms with Crippen molar-refractivity contribution in [1.29, 1.82) is 0 Å². The van der Waals surface area contributed by atoms with E-state index in [0.29, 0.717) is 0 Å². The molecule has 0 aromatic carbocycles. The van der Waals surface area contributed by atoms with Gasteiger partial charge in [-0.05, 0) is 23.7 Å². The Morgan fingerprint density at radius 2 is 0.520 bits per heavy atom. The predicted octanol–water partition coefficient (Wildman–Crippen LogP) is 9.02. The maximum absolute atomic E-state index is 3.73. The zero-order chi connectivity index (χ0) is 20.0. The van der Waals surface area contributed by atoms with Crippen LogP contribution < -0.4 is 0 Å². The molecule has 0 aliphatic rings. The Morgan fingerprint density at radius 1 is 0.400 bits per heavy atom. The van der Waals surface area contributed by atoms with Crippen LogP contribution in [-0.2, 0) is 26.2 Å². The van der Waals surface area contributed by atoms with E-state index >= 15 is 0 Å². The summed E-state index contributed by atoms with van der Waals surface area (Å²) >= 11 is 0. The van der Waals surface area contributed by atoms with E-state index in [1.54, 1.807) is 0 Å². The van der Waals surface area contributed by atoms with Gasteiger partial charge in [-0.15, -0.1) is 0 Å². The first-order valence-electron chi connectivity index (χ1n) is 10.3. The van der Waals surface area contributed by atoms with Crippen molar-refractivity contribution in [2.24, 2.45) is 23.7 Å². The topological polar surface area (TPSA) is 0 Å². The van der Waals surface area contributed by atoms with E-state index in [-0.39, 0.29) is 26.2 Å². The first kappa shape index (κ1) is 36.7. The summed E-state index contributed by atoms with van der Waals surface area (Å²) in [7, 11) is 0. The second-order valence-corrected chi connectivity index (χ2v) is 8.14. The van der Waals surface area contributed by atoms with E-state index in [9.17, 15) is 0 Å². The summed E-state index contributed by atoms with van der Waals surface area (Å²) in [5.74, 6) is 3.34. The van der Waals surface area contributed by atoms with E-state index in [4.69, 9.17) is 0 Å². The van der Waals surface area contributed by atoms with Crippen molar-refractivity contribution in [3.63, 3.8) is 0 Å². The molecule has 25 heavy (non-hydrogen) atoms. The predicted molar refractivity (Wildman–Crippen MR) is 118 cm³/mol. The van der Waals surface area contributed by atoms with Gasteiger partial charge in [0.2, 0.25) is 0 Å². The van der Waals surface area contributed by atoms with Crippen molar-refractivity contribution < 1.29 is 26.2 Å². The molecule has 0 aromatic heterocycles. The molecular formula is C24H52Zr. The van der Waals surface area contributed by atoms with Gasteiger partial charge >= 0.3 is 26.2 Å². The first-order valence-corrected chi connectivity index (χ1v) is 10.3. The van der Waals surface area contributed by atoms with E-state index in [0.717, 1.165) is 49.4 Å². The van der Waals surface area contributed by atoms with Gasteiger partial charge in [-0.1, -0.05) is 81.1 Å². The standard InChI is InChI=1S/4C6H13.Zr/c4*1-4-5-6(2)3;/h4*6H,1,4-5H2,2-3H3;/q4*-1;+4. The fourth-order valence-corrected chi connectivity index (χ4v) is 1.63. The second kappa shape index (κ2) is 32.5. The fourth-order valence-electron chi connectivity index (χ4n) is 1.63. The van der Waals surface area contributed by atoms with Crippen LogP contribution in [0.15, 0.2) is 0 Å². The molecule has 0 unspecified atom stereocenters. The molecule has 1 heteroatoms. The van der Waals surface area contributed by atoms with Gasteiger partial charge in [0.15, 0.2) is 0 Å². The van der Waals surface area contributed by atoms with Crippen molar-refractivity contribution in [3.05, 3.63) is 27.7 Å². The number of rotatable bonds is 8. The van der Waals surface area contributed by atoms with Crippen molar-refractivity contribution in [3.8, 4) is 0 Å². The van der Waals surface area contributed by atoms with Crippen molar-refractivity contribution in [2.75, 3.05) is 0 Å². The number of hydrogen-bond acceptors (Lipinski definition) is 0. The van der Waals surface area contributed by atoms with Crippen LogP contribution in [0, 0.1) is 51.4 Å². The normalized spacial score (nSPS) is 9.60. The van der Waals surface area contributed by atoms with Gasteiger partial charge in [-0.2, -0.15) is 25.7 Å². The van der Waals surface area contributed by atoms with Crippen LogP contribution in [0.3, 0.4) is 0 Å². The van der Waals surface area contributed by atoms with Gasteiger partial charge in [-0.3, -0.25) is 0 Å². The first-order chi connectivity index (χ1) is 11.1. The minimum atomic E-state index is 0. The second-order valence-electron chi connectivity index (χ2n) is 8.14. The van der Waals surface area contributed by atoms with E-state index < -0.39 is 0 Å². The molecule has 0 heterocycles. The Bertz CT molecular complexity index is 131. The SMILES string of the molecule is [CH2-]CCC(C)C.[CH2-]CCC(C)C.[CH2-]CCC(C)C.[CH2-]CCC(C)C.[Zr+4]. The Labute approximate surface area is 183 Å². The van der Waals surface area contributed by atoms with Crippen molar-refractivity contribution >= 4 is 0 Å². The summed E-state index contributed by atoms with van der Waals surface area (Å²) in [6, 6.07) is 0. The molecule has 0 saturated carbocycles. The molecule has 0 aliphatic heterocycles. The molecule has 0 atom stereocenters. The molecule has 0 rings (SSSR count). The van der Waals surface area contributed by atoms with E-state index in [1.165, 1.54) is 25.7 Å². The number of hydrogen-bond donors (Lipinski definition) is 0. The molecule has 0 aliphatic carbocycles. The summed E-state index contributed by atoms with van der Waals surface area (Å²) < 4.78 is 0. The molecule has 0 N–H and O–H groups in total. The maximum Gasteiger partial charge on any atom is 4.00 e. The molecule has 0 radical (unpaired) electrons. The fraction of sp³-hybridized carbons (Fsp3) is 0.833. The Balaban J connectivity index is -0.0000000702. The van der Waals surface area contributed by atoms with E-state index in [2.05, 4.69) is 83.1 Å². The van der Waals surface area contributed by atoms with Crippen LogP contribution in [0.25, 0.3) is 0 Å². The minimum absolute atomic E-state index is 0. The zero-order valence-corrected chi connectivity index (χ0v) is 21.8. The third-order valence-corrected chi connectivity index (χ3v) is 3.13. The van der Waals surface area contributed by atoms with Gasteiger partial charge < -0.3 is 27.7 Å². The van der Waals surface area contributed by atoms with Crippen molar-refractivity contribution in [2.45, 2.75) is 107 Å². The monoisotopic (exact) mass is 430 g/mol. The van der Waals surface area contributed by atoms with Crippen LogP contribution in [0.4, 0.5) is 0 Å². The Morgan fingerprint density at radius 3 is 0.520 bits per heavy atom.